The number of unbranched alkanes of at least 4 members (excludes halogenated alkanes) is 2. The summed E-state index contributed by atoms with van der Waals surface area (Å²) in [5.41, 5.74) is 11.3. The molecule has 3 unspecified atom stereocenters. The summed E-state index contributed by atoms with van der Waals surface area (Å²) in [7, 11) is -1.20. The predicted octanol–water partition coefficient (Wildman–Crippen LogP) is 10.4. The Labute approximate surface area is 301 Å². The van der Waals surface area contributed by atoms with Crippen LogP contribution in [0.4, 0.5) is 11.4 Å². The van der Waals surface area contributed by atoms with Crippen LogP contribution < -0.4 is 10.2 Å². The molecule has 0 saturated heterocycles. The van der Waals surface area contributed by atoms with E-state index in [1.54, 1.807) is 16.8 Å². The van der Waals surface area contributed by atoms with Crippen molar-refractivity contribution in [3.63, 3.8) is 0 Å². The summed E-state index contributed by atoms with van der Waals surface area (Å²) in [4.78, 5) is 4.21. The van der Waals surface area contributed by atoms with Crippen molar-refractivity contribution in [2.75, 3.05) is 43.1 Å². The Morgan fingerprint density at radius 2 is 1.84 bits per heavy atom. The number of nitrogens with one attached hydrogen (secondary N) is 1. The van der Waals surface area contributed by atoms with E-state index in [0.717, 1.165) is 38.6 Å². The van der Waals surface area contributed by atoms with Crippen molar-refractivity contribution >= 4 is 37.7 Å². The van der Waals surface area contributed by atoms with E-state index in [2.05, 4.69) is 104 Å². The van der Waals surface area contributed by atoms with Crippen LogP contribution in [0.5, 0.6) is 0 Å². The maximum Gasteiger partial charge on any atom is 0.259 e. The Morgan fingerprint density at radius 3 is 2.61 bits per heavy atom. The minimum absolute atomic E-state index is 0.185. The molecule has 1 N–H and O–H groups in total. The van der Waals surface area contributed by atoms with Gasteiger partial charge in [0.2, 0.25) is 0 Å². The lowest BCUT2D eigenvalue weighted by atomic mass is 9.69. The monoisotopic (exact) mass is 700 g/mol. The van der Waals surface area contributed by atoms with Gasteiger partial charge in [-0.2, -0.15) is 5.26 Å². The van der Waals surface area contributed by atoms with E-state index in [1.165, 1.54) is 71.6 Å². The molecule has 264 valence electrons. The van der Waals surface area contributed by atoms with Crippen LogP contribution in [0, 0.1) is 11.3 Å². The molecule has 0 aromatic heterocycles. The summed E-state index contributed by atoms with van der Waals surface area (Å²) in [6.07, 6.45) is 13.1. The highest BCUT2D eigenvalue weighted by Gasteiger charge is 2.39. The molecule has 4 heterocycles. The topological polar surface area (TPSA) is 60.8 Å². The molecule has 6 rings (SSSR count). The first-order valence-electron chi connectivity index (χ1n) is 18.8. The zero-order valence-electron chi connectivity index (χ0n) is 30.5. The number of fused-ring (bicyclic) bond motifs is 4. The molecule has 2 aromatic carbocycles. The number of nitriles is 1. The van der Waals surface area contributed by atoms with Gasteiger partial charge in [-0.3, -0.25) is 0 Å². The highest BCUT2D eigenvalue weighted by Crippen LogP contribution is 2.53. The molecule has 4 aliphatic heterocycles. The van der Waals surface area contributed by atoms with Gasteiger partial charge in [-0.1, -0.05) is 44.5 Å². The number of aryl methyl sites for hydroxylation is 1. The van der Waals surface area contributed by atoms with Gasteiger partial charge < -0.3 is 19.3 Å². The minimum atomic E-state index is -1.20. The first-order chi connectivity index (χ1) is 23.7. The molecular formula is C41H57N4O2PS. The van der Waals surface area contributed by atoms with Crippen molar-refractivity contribution in [1.29, 1.82) is 5.26 Å². The van der Waals surface area contributed by atoms with E-state index in [4.69, 9.17) is 20.9 Å². The second kappa shape index (κ2) is 16.3. The first kappa shape index (κ1) is 36.5. The SMILES string of the molecule is C=C1C2=Cc3cc4c5c(c3SC2CCNc2ccccc2C1(C)CCCCCOP(OCCC#N)N(C(C)C)C(C)C)CCCN5CCC4. The van der Waals surface area contributed by atoms with Gasteiger partial charge in [-0.25, -0.2) is 4.67 Å². The molecule has 0 radical (unpaired) electrons. The standard InChI is InChI=1S/C41H57N4O2PS/c1-29(2)45(30(3)4)48(47-26-14-21-42)46-25-11-7-10-20-41(6)31(5)35-28-33-27-32-15-12-23-44-24-13-16-34(39(32)44)40(33)49-38(35)19-22-43-37-18-9-8-17-36(37)41/h8-9,17-18,27-30,38,43H,5,7,10-16,19-20,22-26H2,1-4,6H3. The second-order valence-corrected chi connectivity index (χ2v) is 17.6. The van der Waals surface area contributed by atoms with Crippen LogP contribution in [0.25, 0.3) is 6.08 Å². The third-order valence-electron chi connectivity index (χ3n) is 10.9. The molecule has 0 aliphatic carbocycles. The average molecular weight is 701 g/mol. The quantitative estimate of drug-likeness (QED) is 0.165. The lowest BCUT2D eigenvalue weighted by Crippen LogP contribution is -2.35. The number of hydrogen-bond donors (Lipinski definition) is 1. The van der Waals surface area contributed by atoms with Crippen molar-refractivity contribution < 1.29 is 9.05 Å². The molecular weight excluding hydrogens is 644 g/mol. The van der Waals surface area contributed by atoms with Crippen molar-refractivity contribution in [1.82, 2.24) is 4.67 Å². The van der Waals surface area contributed by atoms with Crippen molar-refractivity contribution in [2.45, 2.75) is 126 Å². The van der Waals surface area contributed by atoms with E-state index in [0.29, 0.717) is 37.0 Å². The van der Waals surface area contributed by atoms with Gasteiger partial charge in [-0.15, -0.1) is 11.8 Å². The van der Waals surface area contributed by atoms with Gasteiger partial charge >= 0.3 is 0 Å². The highest BCUT2D eigenvalue weighted by molar-refractivity contribution is 8.00. The third-order valence-corrected chi connectivity index (χ3v) is 14.5. The summed E-state index contributed by atoms with van der Waals surface area (Å²) in [5.74, 6) is 0. The molecule has 4 aliphatic rings. The van der Waals surface area contributed by atoms with Gasteiger partial charge in [0, 0.05) is 58.7 Å². The second-order valence-electron chi connectivity index (χ2n) is 14.9. The number of benzene rings is 2. The van der Waals surface area contributed by atoms with Gasteiger partial charge in [0.25, 0.3) is 8.53 Å². The number of para-hydroxylation sites is 1. The number of anilines is 2. The van der Waals surface area contributed by atoms with Gasteiger partial charge in [-0.05, 0) is 124 Å². The van der Waals surface area contributed by atoms with Gasteiger partial charge in [0.05, 0.1) is 25.7 Å². The Morgan fingerprint density at radius 1 is 1.08 bits per heavy atom. The number of hydrogen-bond acceptors (Lipinski definition) is 7. The van der Waals surface area contributed by atoms with E-state index in [-0.39, 0.29) is 5.41 Å². The number of nitrogens with zero attached hydrogens (tertiary/aromatic N) is 3. The normalized spacial score (nSPS) is 22.2. The van der Waals surface area contributed by atoms with Gasteiger partial charge in [0.1, 0.15) is 0 Å². The third kappa shape index (κ3) is 7.80. The Bertz CT molecular complexity index is 1560. The Kier molecular flexibility index (Phi) is 12.2. The van der Waals surface area contributed by atoms with E-state index in [9.17, 15) is 0 Å². The fourth-order valence-electron chi connectivity index (χ4n) is 8.50. The molecule has 0 bridgehead atoms. The summed E-state index contributed by atoms with van der Waals surface area (Å²) in [5, 5.41) is 13.3. The zero-order valence-corrected chi connectivity index (χ0v) is 32.2. The number of allylic oxidation sites excluding steroid dienone is 1. The van der Waals surface area contributed by atoms with Crippen LogP contribution in [0.3, 0.4) is 0 Å². The van der Waals surface area contributed by atoms with Gasteiger partial charge in [0.15, 0.2) is 0 Å². The van der Waals surface area contributed by atoms with E-state index < -0.39 is 8.53 Å². The fourth-order valence-corrected chi connectivity index (χ4v) is 11.6. The number of thioether (sulfide) groups is 1. The predicted molar refractivity (Wildman–Crippen MR) is 209 cm³/mol. The smallest absolute Gasteiger partial charge is 0.259 e. The average Bonchev–Trinajstić information content (AvgIpc) is 3.12. The van der Waals surface area contributed by atoms with Crippen molar-refractivity contribution in [3.05, 3.63) is 70.3 Å². The molecule has 2 aromatic rings. The zero-order chi connectivity index (χ0) is 34.5. The molecule has 0 fully saturated rings. The van der Waals surface area contributed by atoms with Crippen LogP contribution in [0.15, 0.2) is 53.0 Å². The molecule has 49 heavy (non-hydrogen) atoms. The maximum absolute atomic E-state index is 9.06. The highest BCUT2D eigenvalue weighted by atomic mass is 32.2. The van der Waals surface area contributed by atoms with E-state index >= 15 is 0 Å². The van der Waals surface area contributed by atoms with Crippen LogP contribution >= 0.6 is 20.3 Å². The maximum atomic E-state index is 9.06. The molecule has 0 saturated carbocycles. The molecule has 3 atom stereocenters. The molecule has 0 amide bonds. The summed E-state index contributed by atoms with van der Waals surface area (Å²) in [6.45, 7) is 20.6. The summed E-state index contributed by atoms with van der Waals surface area (Å²) in [6, 6.07) is 14.3. The van der Waals surface area contributed by atoms with Crippen LogP contribution in [0.2, 0.25) is 0 Å². The molecule has 0 spiro atoms. The molecule has 8 heteroatoms. The van der Waals surface area contributed by atoms with Crippen molar-refractivity contribution in [3.8, 4) is 6.07 Å². The molecule has 6 nitrogen and oxygen atoms in total. The van der Waals surface area contributed by atoms with E-state index in [1.807, 2.05) is 0 Å². The minimum Gasteiger partial charge on any atom is -0.385 e. The fraction of sp³-hybridized carbons (Fsp3) is 0.585. The van der Waals surface area contributed by atoms with Crippen LogP contribution in [0.1, 0.15) is 108 Å². The Balaban J connectivity index is 1.20. The Hall–Kier alpha value is -2.33. The summed E-state index contributed by atoms with van der Waals surface area (Å²) >= 11 is 2.12. The largest absolute Gasteiger partial charge is 0.385 e. The number of rotatable bonds is 13. The van der Waals surface area contributed by atoms with Crippen LogP contribution in [-0.2, 0) is 27.3 Å². The summed E-state index contributed by atoms with van der Waals surface area (Å²) < 4.78 is 14.8. The lowest BCUT2D eigenvalue weighted by Gasteiger charge is -2.41. The lowest BCUT2D eigenvalue weighted by molar-refractivity contribution is 0.174. The van der Waals surface area contributed by atoms with Crippen molar-refractivity contribution in [2.24, 2.45) is 0 Å². The van der Waals surface area contributed by atoms with Crippen LogP contribution in [-0.4, -0.2) is 54.9 Å². The first-order valence-corrected chi connectivity index (χ1v) is 20.8.